The van der Waals surface area contributed by atoms with Crippen LogP contribution in [0, 0.1) is 0 Å². The van der Waals surface area contributed by atoms with Gasteiger partial charge >= 0.3 is 0 Å². The first-order chi connectivity index (χ1) is 2.81. The third-order valence-corrected chi connectivity index (χ3v) is 1.000. The van der Waals surface area contributed by atoms with Gasteiger partial charge in [-0.15, -0.1) is 6.58 Å². The number of hydrogen-bond acceptors (Lipinski definition) is 0. The van der Waals surface area contributed by atoms with Gasteiger partial charge in [-0.1, -0.05) is 18.2 Å². The zero-order valence-electron chi connectivity index (χ0n) is 4.62. The van der Waals surface area contributed by atoms with Crippen LogP contribution in [0.2, 0.25) is 12.6 Å². The lowest BCUT2D eigenvalue weighted by Gasteiger charge is -1.88. The molecular weight excluding hydrogens is 69.7 g/mol. The molecule has 0 saturated carbocycles. The van der Waals surface area contributed by atoms with E-state index in [1.165, 1.54) is 5.57 Å². The SMILES string of the molecule is BCC(=C)CB. The van der Waals surface area contributed by atoms with Crippen molar-refractivity contribution in [3.63, 3.8) is 0 Å². The van der Waals surface area contributed by atoms with Crippen molar-refractivity contribution in [2.45, 2.75) is 12.6 Å². The average molecular weight is 79.7 g/mol. The molecule has 0 radical (unpaired) electrons. The summed E-state index contributed by atoms with van der Waals surface area (Å²) in [6.07, 6.45) is 2.27. The summed E-state index contributed by atoms with van der Waals surface area (Å²) in [6.45, 7) is 3.79. The Bertz CT molecular complexity index is 43.5. The number of rotatable bonds is 2. The Morgan fingerprint density at radius 2 is 1.67 bits per heavy atom. The first-order valence-electron chi connectivity index (χ1n) is 2.47. The van der Waals surface area contributed by atoms with Gasteiger partial charge in [-0.25, -0.2) is 0 Å². The highest BCUT2D eigenvalue weighted by Gasteiger charge is 1.78. The summed E-state index contributed by atoms with van der Waals surface area (Å²) in [6, 6.07) is 0. The summed E-state index contributed by atoms with van der Waals surface area (Å²) in [7, 11) is 4.26. The van der Waals surface area contributed by atoms with Crippen LogP contribution in [0.25, 0.3) is 0 Å². The monoisotopic (exact) mass is 80.1 g/mol. The molecule has 0 aliphatic heterocycles. The van der Waals surface area contributed by atoms with Crippen LogP contribution < -0.4 is 0 Å². The zero-order valence-corrected chi connectivity index (χ0v) is 4.62. The van der Waals surface area contributed by atoms with E-state index >= 15 is 0 Å². The minimum absolute atomic E-state index is 1.14. The third kappa shape index (κ3) is 2.13. The highest BCUT2D eigenvalue weighted by Crippen LogP contribution is 1.96. The summed E-state index contributed by atoms with van der Waals surface area (Å²) in [5.41, 5.74) is 1.34. The standard InChI is InChI=1S/C4H10B2/c1-4(2-5)3-6/h1-3,5-6H2. The maximum absolute atomic E-state index is 3.79. The molecule has 0 bridgehead atoms. The molecule has 0 aliphatic rings. The van der Waals surface area contributed by atoms with Gasteiger partial charge in [0.15, 0.2) is 0 Å². The van der Waals surface area contributed by atoms with Crippen molar-refractivity contribution in [1.29, 1.82) is 0 Å². The number of allylic oxidation sites excluding steroid dienone is 1. The summed E-state index contributed by atoms with van der Waals surface area (Å²) in [5, 5.41) is 0. The van der Waals surface area contributed by atoms with Gasteiger partial charge in [0.2, 0.25) is 0 Å². The Morgan fingerprint density at radius 3 is 1.67 bits per heavy atom. The van der Waals surface area contributed by atoms with Crippen LogP contribution in [-0.4, -0.2) is 15.7 Å². The molecule has 0 amide bonds. The minimum atomic E-state index is 1.14. The van der Waals surface area contributed by atoms with E-state index < -0.39 is 0 Å². The molecule has 0 unspecified atom stereocenters. The quantitative estimate of drug-likeness (QED) is 0.314. The Morgan fingerprint density at radius 1 is 1.33 bits per heavy atom. The molecular formula is C4H10B2. The number of hydrogen-bond donors (Lipinski definition) is 0. The second-order valence-electron chi connectivity index (χ2n) is 1.46. The topological polar surface area (TPSA) is 0 Å². The lowest BCUT2D eigenvalue weighted by molar-refractivity contribution is 1.40. The van der Waals surface area contributed by atoms with Crippen LogP contribution in [0.3, 0.4) is 0 Å². The van der Waals surface area contributed by atoms with Crippen LogP contribution in [0.4, 0.5) is 0 Å². The Labute approximate surface area is 41.4 Å². The Balaban J connectivity index is 2.99. The highest BCUT2D eigenvalue weighted by molar-refractivity contribution is 6.14. The zero-order chi connectivity index (χ0) is 4.99. The fraction of sp³-hybridized carbons (Fsp3) is 0.500. The van der Waals surface area contributed by atoms with Gasteiger partial charge in [-0.05, 0) is 0 Å². The van der Waals surface area contributed by atoms with E-state index in [1.54, 1.807) is 0 Å². The molecule has 0 heterocycles. The fourth-order valence-corrected chi connectivity index (χ4v) is 0.250. The summed E-state index contributed by atoms with van der Waals surface area (Å²) in [4.78, 5) is 0. The van der Waals surface area contributed by atoms with Crippen molar-refractivity contribution in [3.05, 3.63) is 12.2 Å². The van der Waals surface area contributed by atoms with Gasteiger partial charge in [-0.3, -0.25) is 0 Å². The summed E-state index contributed by atoms with van der Waals surface area (Å²) >= 11 is 0. The highest BCUT2D eigenvalue weighted by atomic mass is 13.7. The van der Waals surface area contributed by atoms with Crippen molar-refractivity contribution in [2.75, 3.05) is 0 Å². The first kappa shape index (κ1) is 5.87. The fourth-order valence-electron chi connectivity index (χ4n) is 0.250. The van der Waals surface area contributed by atoms with Crippen molar-refractivity contribution in [3.8, 4) is 0 Å². The predicted molar refractivity (Wildman–Crippen MR) is 35.8 cm³/mol. The van der Waals surface area contributed by atoms with Crippen LogP contribution in [-0.2, 0) is 0 Å². The average Bonchev–Trinajstić information content (AvgIpc) is 1.65. The first-order valence-corrected chi connectivity index (χ1v) is 2.47. The van der Waals surface area contributed by atoms with Gasteiger partial charge in [0.25, 0.3) is 0 Å². The maximum Gasteiger partial charge on any atom is 0.106 e. The maximum atomic E-state index is 3.79. The largest absolute Gasteiger partial charge is 0.106 e. The molecule has 0 atom stereocenters. The van der Waals surface area contributed by atoms with E-state index in [0.29, 0.717) is 0 Å². The van der Waals surface area contributed by atoms with Gasteiger partial charge in [-0.2, -0.15) is 0 Å². The normalized spacial score (nSPS) is 8.00. The molecule has 0 spiro atoms. The molecule has 2 heteroatoms. The van der Waals surface area contributed by atoms with Gasteiger partial charge in [0, 0.05) is 0 Å². The smallest absolute Gasteiger partial charge is 0.101 e. The molecule has 32 valence electrons. The van der Waals surface area contributed by atoms with E-state index in [9.17, 15) is 0 Å². The Hall–Kier alpha value is -0.130. The summed E-state index contributed by atoms with van der Waals surface area (Å²) in [5.74, 6) is 0. The Kier molecular flexibility index (Phi) is 3.01. The molecule has 0 fully saturated rings. The van der Waals surface area contributed by atoms with Crippen molar-refractivity contribution in [2.24, 2.45) is 0 Å². The van der Waals surface area contributed by atoms with E-state index in [-0.39, 0.29) is 0 Å². The van der Waals surface area contributed by atoms with Crippen molar-refractivity contribution >= 4 is 15.7 Å². The lowest BCUT2D eigenvalue weighted by atomic mass is 9.88. The van der Waals surface area contributed by atoms with Gasteiger partial charge < -0.3 is 0 Å². The van der Waals surface area contributed by atoms with Crippen LogP contribution in [0.1, 0.15) is 0 Å². The molecule has 0 rings (SSSR count). The molecule has 0 N–H and O–H groups in total. The van der Waals surface area contributed by atoms with Crippen LogP contribution >= 0.6 is 0 Å². The van der Waals surface area contributed by atoms with E-state index in [2.05, 4.69) is 22.3 Å². The molecule has 0 aliphatic carbocycles. The van der Waals surface area contributed by atoms with Crippen molar-refractivity contribution < 1.29 is 0 Å². The molecule has 0 saturated heterocycles. The van der Waals surface area contributed by atoms with Crippen LogP contribution in [0.5, 0.6) is 0 Å². The summed E-state index contributed by atoms with van der Waals surface area (Å²) < 4.78 is 0. The van der Waals surface area contributed by atoms with E-state index in [0.717, 1.165) is 12.6 Å². The molecule has 6 heavy (non-hydrogen) atoms. The van der Waals surface area contributed by atoms with Crippen molar-refractivity contribution in [1.82, 2.24) is 0 Å². The van der Waals surface area contributed by atoms with Crippen LogP contribution in [0.15, 0.2) is 12.2 Å². The molecule has 0 aromatic carbocycles. The second-order valence-corrected chi connectivity index (χ2v) is 1.46. The second kappa shape index (κ2) is 3.08. The third-order valence-electron chi connectivity index (χ3n) is 1.000. The van der Waals surface area contributed by atoms with E-state index in [1.807, 2.05) is 0 Å². The molecule has 0 nitrogen and oxygen atoms in total. The van der Waals surface area contributed by atoms with E-state index in [4.69, 9.17) is 0 Å². The van der Waals surface area contributed by atoms with Gasteiger partial charge in [0.05, 0.1) is 0 Å². The lowest BCUT2D eigenvalue weighted by Crippen LogP contribution is -1.74. The minimum Gasteiger partial charge on any atom is -0.101 e. The van der Waals surface area contributed by atoms with Gasteiger partial charge in [0.1, 0.15) is 15.7 Å². The molecule has 0 aromatic rings. The predicted octanol–water partition coefficient (Wildman–Crippen LogP) is -0.355. The molecule has 0 aromatic heterocycles.